The van der Waals surface area contributed by atoms with E-state index in [1.165, 1.54) is 31.2 Å². The van der Waals surface area contributed by atoms with E-state index in [0.29, 0.717) is 16.6 Å². The van der Waals surface area contributed by atoms with Crippen molar-refractivity contribution in [3.63, 3.8) is 0 Å². The van der Waals surface area contributed by atoms with Crippen molar-refractivity contribution in [1.29, 1.82) is 0 Å². The molecule has 0 aliphatic heterocycles. The van der Waals surface area contributed by atoms with Gasteiger partial charge in [-0.25, -0.2) is 18.1 Å². The molecule has 2 N–H and O–H groups in total. The van der Waals surface area contributed by atoms with Gasteiger partial charge in [0, 0.05) is 12.6 Å². The maximum absolute atomic E-state index is 13.7. The van der Waals surface area contributed by atoms with Crippen molar-refractivity contribution in [3.8, 4) is 0 Å². The summed E-state index contributed by atoms with van der Waals surface area (Å²) in [5, 5.41) is 7.49. The lowest BCUT2D eigenvalue weighted by molar-refractivity contribution is -0.114. The molecule has 1 unspecified atom stereocenters. The largest absolute Gasteiger partial charge is 0.326 e. The highest BCUT2D eigenvalue weighted by Crippen LogP contribution is 2.23. The van der Waals surface area contributed by atoms with Crippen LogP contribution in [0.15, 0.2) is 118 Å². The first-order valence-corrected chi connectivity index (χ1v) is 14.7. The van der Waals surface area contributed by atoms with Crippen molar-refractivity contribution in [2.75, 3.05) is 5.32 Å². The molecule has 1 aromatic heterocycles. The molecule has 5 aromatic rings. The molecule has 0 bridgehead atoms. The third-order valence-electron chi connectivity index (χ3n) is 6.56. The summed E-state index contributed by atoms with van der Waals surface area (Å²) in [7, 11) is -4.10. The number of benzene rings is 4. The maximum Gasteiger partial charge on any atom is 0.282 e. The number of nitrogens with zero attached hydrogens (tertiary/aromatic N) is 3. The molecule has 0 aliphatic carbocycles. The molecular weight excluding hydrogens is 550 g/mol. The summed E-state index contributed by atoms with van der Waals surface area (Å²) < 4.78 is 31.2. The fourth-order valence-electron chi connectivity index (χ4n) is 4.47. The summed E-state index contributed by atoms with van der Waals surface area (Å²) in [5.41, 5.74) is 3.17. The van der Waals surface area contributed by atoms with Crippen molar-refractivity contribution in [1.82, 2.24) is 14.4 Å². The van der Waals surface area contributed by atoms with Crippen molar-refractivity contribution in [3.05, 3.63) is 136 Å². The highest BCUT2D eigenvalue weighted by molar-refractivity contribution is 7.89. The zero-order chi connectivity index (χ0) is 29.7. The van der Waals surface area contributed by atoms with Crippen LogP contribution in [0.25, 0.3) is 10.9 Å². The fraction of sp³-hybridized carbons (Fsp3) is 0.125. The summed E-state index contributed by atoms with van der Waals surface area (Å²) >= 11 is 0. The summed E-state index contributed by atoms with van der Waals surface area (Å²) in [4.78, 5) is 29.9. The van der Waals surface area contributed by atoms with Crippen LogP contribution in [-0.4, -0.2) is 30.2 Å². The van der Waals surface area contributed by atoms with Gasteiger partial charge in [0.25, 0.3) is 5.56 Å². The van der Waals surface area contributed by atoms with E-state index in [4.69, 9.17) is 4.98 Å². The third-order valence-corrected chi connectivity index (χ3v) is 8.04. The van der Waals surface area contributed by atoms with E-state index in [1.807, 2.05) is 61.5 Å². The Morgan fingerprint density at radius 3 is 2.29 bits per heavy atom. The number of hydrogen-bond acceptors (Lipinski definition) is 6. The van der Waals surface area contributed by atoms with Crippen LogP contribution < -0.4 is 15.6 Å². The van der Waals surface area contributed by atoms with Crippen LogP contribution >= 0.6 is 0 Å². The summed E-state index contributed by atoms with van der Waals surface area (Å²) in [6.45, 7) is 3.35. The van der Waals surface area contributed by atoms with Gasteiger partial charge in [-0.15, -0.1) is 0 Å². The molecule has 0 aliphatic rings. The number of hydrogen-bond donors (Lipinski definition) is 2. The van der Waals surface area contributed by atoms with Crippen LogP contribution in [0.3, 0.4) is 0 Å². The van der Waals surface area contributed by atoms with E-state index in [2.05, 4.69) is 15.1 Å². The molecule has 9 nitrogen and oxygen atoms in total. The number of sulfonamides is 1. The van der Waals surface area contributed by atoms with Crippen LogP contribution in [-0.2, 0) is 21.2 Å². The number of fused-ring (bicyclic) bond motifs is 1. The number of carbonyl (C=O) groups is 1. The van der Waals surface area contributed by atoms with E-state index in [0.717, 1.165) is 21.4 Å². The van der Waals surface area contributed by atoms with Gasteiger partial charge < -0.3 is 5.32 Å². The molecule has 0 radical (unpaired) electrons. The standard InChI is InChI=1S/C32H29N5O4S/c1-22-12-14-25(15-13-22)21-33-37-31(35-29-11-7-6-10-28(29)32(37)39)30(20-24-8-4-3-5-9-24)36-42(40,41)27-18-16-26(17-19-27)34-23(2)38/h3-19,21,30,36H,20H2,1-2H3,(H,34,38)/b33-21+. The molecule has 1 amide bonds. The molecule has 10 heteroatoms. The number of amides is 1. The fourth-order valence-corrected chi connectivity index (χ4v) is 5.66. The van der Waals surface area contributed by atoms with E-state index < -0.39 is 21.6 Å². The lowest BCUT2D eigenvalue weighted by Crippen LogP contribution is -2.35. The minimum Gasteiger partial charge on any atom is -0.326 e. The van der Waals surface area contributed by atoms with Crippen LogP contribution in [0.1, 0.15) is 35.5 Å². The first-order chi connectivity index (χ1) is 20.2. The second-order valence-corrected chi connectivity index (χ2v) is 11.5. The maximum atomic E-state index is 13.7. The molecule has 0 saturated heterocycles. The number of aryl methyl sites for hydroxylation is 1. The molecule has 1 heterocycles. The Bertz CT molecular complexity index is 1920. The molecule has 0 saturated carbocycles. The zero-order valence-electron chi connectivity index (χ0n) is 23.1. The number of aromatic nitrogens is 2. The van der Waals surface area contributed by atoms with E-state index in [9.17, 15) is 18.0 Å². The minimum atomic E-state index is -4.10. The predicted molar refractivity (Wildman–Crippen MR) is 164 cm³/mol. The monoisotopic (exact) mass is 579 g/mol. The molecule has 42 heavy (non-hydrogen) atoms. The normalized spacial score (nSPS) is 12.4. The molecule has 0 spiro atoms. The average molecular weight is 580 g/mol. The van der Waals surface area contributed by atoms with Crippen molar-refractivity contribution in [2.45, 2.75) is 31.2 Å². The number of nitrogens with one attached hydrogen (secondary N) is 2. The molecule has 1 atom stereocenters. The Kier molecular flexibility index (Phi) is 8.37. The number of rotatable bonds is 9. The topological polar surface area (TPSA) is 123 Å². The van der Waals surface area contributed by atoms with Crippen LogP contribution in [0.4, 0.5) is 5.69 Å². The Morgan fingerprint density at radius 1 is 0.929 bits per heavy atom. The third kappa shape index (κ3) is 6.68. The zero-order valence-corrected chi connectivity index (χ0v) is 23.9. The van der Waals surface area contributed by atoms with Gasteiger partial charge in [-0.2, -0.15) is 9.78 Å². The van der Waals surface area contributed by atoms with Gasteiger partial charge in [-0.1, -0.05) is 72.3 Å². The first-order valence-electron chi connectivity index (χ1n) is 13.3. The van der Waals surface area contributed by atoms with Gasteiger partial charge in [0.1, 0.15) is 0 Å². The second kappa shape index (κ2) is 12.3. The molecule has 5 rings (SSSR count). The Hall–Kier alpha value is -4.93. The van der Waals surface area contributed by atoms with Gasteiger partial charge in [0.2, 0.25) is 15.9 Å². The van der Waals surface area contributed by atoms with E-state index >= 15 is 0 Å². The van der Waals surface area contributed by atoms with E-state index in [-0.39, 0.29) is 23.0 Å². The van der Waals surface area contributed by atoms with Crippen LogP contribution in [0, 0.1) is 6.92 Å². The van der Waals surface area contributed by atoms with Crippen molar-refractivity contribution in [2.24, 2.45) is 5.10 Å². The van der Waals surface area contributed by atoms with Gasteiger partial charge in [-0.05, 0) is 60.9 Å². The quantitative estimate of drug-likeness (QED) is 0.243. The summed E-state index contributed by atoms with van der Waals surface area (Å²) in [6.07, 6.45) is 1.75. The number of para-hydroxylation sites is 1. The van der Waals surface area contributed by atoms with Crippen molar-refractivity contribution >= 4 is 38.7 Å². The van der Waals surface area contributed by atoms with Gasteiger partial charge in [0.05, 0.1) is 28.1 Å². The Labute approximate surface area is 243 Å². The summed E-state index contributed by atoms with van der Waals surface area (Å²) in [5.74, 6) is -0.123. The lowest BCUT2D eigenvalue weighted by Gasteiger charge is -2.21. The van der Waals surface area contributed by atoms with Gasteiger partial charge >= 0.3 is 0 Å². The average Bonchev–Trinajstić information content (AvgIpc) is 2.97. The van der Waals surface area contributed by atoms with Crippen molar-refractivity contribution < 1.29 is 13.2 Å². The Morgan fingerprint density at radius 2 is 1.60 bits per heavy atom. The lowest BCUT2D eigenvalue weighted by atomic mass is 10.1. The molecule has 0 fully saturated rings. The van der Waals surface area contributed by atoms with E-state index in [1.54, 1.807) is 30.5 Å². The second-order valence-electron chi connectivity index (χ2n) is 9.83. The first kappa shape index (κ1) is 28.6. The highest BCUT2D eigenvalue weighted by Gasteiger charge is 2.27. The van der Waals surface area contributed by atoms with Gasteiger partial charge in [-0.3, -0.25) is 9.59 Å². The number of carbonyl (C=O) groups excluding carboxylic acids is 1. The SMILES string of the molecule is CC(=O)Nc1ccc(S(=O)(=O)NC(Cc2ccccc2)c2nc3ccccc3c(=O)n2/N=C/c2ccc(C)cc2)cc1. The smallest absolute Gasteiger partial charge is 0.282 e. The van der Waals surface area contributed by atoms with Crippen LogP contribution in [0.2, 0.25) is 0 Å². The molecular formula is C32H29N5O4S. The minimum absolute atomic E-state index is 0.00694. The number of anilines is 1. The predicted octanol–water partition coefficient (Wildman–Crippen LogP) is 4.81. The Balaban J connectivity index is 1.62. The summed E-state index contributed by atoms with van der Waals surface area (Å²) in [6, 6.07) is 28.8. The van der Waals surface area contributed by atoms with Crippen LogP contribution in [0.5, 0.6) is 0 Å². The highest BCUT2D eigenvalue weighted by atomic mass is 32.2. The molecule has 4 aromatic carbocycles. The molecule has 212 valence electrons. The van der Waals surface area contributed by atoms with Gasteiger partial charge in [0.15, 0.2) is 5.82 Å².